The Morgan fingerprint density at radius 3 is 2.41 bits per heavy atom. The van der Waals surface area contributed by atoms with Crippen LogP contribution in [0.4, 0.5) is 11.5 Å². The molecule has 1 aliphatic heterocycles. The summed E-state index contributed by atoms with van der Waals surface area (Å²) in [5.74, 6) is -0.398. The Bertz CT molecular complexity index is 911. The number of nitrogens with two attached hydrogens (primary N) is 1. The number of nitrogens with zero attached hydrogens (tertiary/aromatic N) is 3. The fourth-order valence-corrected chi connectivity index (χ4v) is 3.39. The van der Waals surface area contributed by atoms with E-state index in [0.29, 0.717) is 26.1 Å². The van der Waals surface area contributed by atoms with E-state index < -0.39 is 11.2 Å². The molecular weight excluding hydrogens is 346 g/mol. The molecule has 1 aliphatic rings. The molecule has 0 spiro atoms. The minimum Gasteiger partial charge on any atom is -0.384 e. The molecular formula is C19H25N5O3. The summed E-state index contributed by atoms with van der Waals surface area (Å²) in [4.78, 5) is 43.2. The van der Waals surface area contributed by atoms with Gasteiger partial charge in [0, 0.05) is 38.4 Å². The molecule has 8 nitrogen and oxygen atoms in total. The summed E-state index contributed by atoms with van der Waals surface area (Å²) in [5, 5.41) is 0. The molecule has 0 saturated carbocycles. The summed E-state index contributed by atoms with van der Waals surface area (Å²) in [6.45, 7) is 5.40. The van der Waals surface area contributed by atoms with Crippen LogP contribution < -0.4 is 21.9 Å². The normalized spacial score (nSPS) is 15.1. The van der Waals surface area contributed by atoms with Gasteiger partial charge >= 0.3 is 5.69 Å². The Kier molecular flexibility index (Phi) is 5.75. The lowest BCUT2D eigenvalue weighted by Crippen LogP contribution is -2.48. The Hall–Kier alpha value is -2.87. The zero-order valence-electron chi connectivity index (χ0n) is 15.5. The first kappa shape index (κ1) is 18.9. The van der Waals surface area contributed by atoms with Crippen molar-refractivity contribution in [1.29, 1.82) is 0 Å². The van der Waals surface area contributed by atoms with E-state index in [9.17, 15) is 14.4 Å². The number of aromatic nitrogens is 2. The van der Waals surface area contributed by atoms with Crippen molar-refractivity contribution in [2.75, 3.05) is 43.4 Å². The summed E-state index contributed by atoms with van der Waals surface area (Å²) in [6.07, 6.45) is 0.672. The lowest BCUT2D eigenvalue weighted by Gasteiger charge is -2.35. The molecule has 0 unspecified atom stereocenters. The number of H-pyrrole nitrogens is 1. The molecule has 0 amide bonds. The van der Waals surface area contributed by atoms with Crippen molar-refractivity contribution in [3.63, 3.8) is 0 Å². The zero-order valence-corrected chi connectivity index (χ0v) is 15.5. The highest BCUT2D eigenvalue weighted by Gasteiger charge is 2.24. The number of ketones is 1. The van der Waals surface area contributed by atoms with Gasteiger partial charge in [-0.1, -0.05) is 25.1 Å². The van der Waals surface area contributed by atoms with Crippen molar-refractivity contribution in [2.24, 2.45) is 0 Å². The standard InChI is InChI=1S/C19H25N5O3/c1-2-8-24-17(20)16(18(26)21-19(24)27)15(25)13-22-9-11-23(12-10-22)14-6-4-3-5-7-14/h3-7H,2,8-13,20H2,1H3,(H,21,26,27). The lowest BCUT2D eigenvalue weighted by molar-refractivity contribution is 0.0925. The van der Waals surface area contributed by atoms with Gasteiger partial charge in [0.1, 0.15) is 11.4 Å². The van der Waals surface area contributed by atoms with Gasteiger partial charge in [0.15, 0.2) is 5.78 Å². The molecule has 3 rings (SSSR count). The molecule has 2 aromatic rings. The third-order valence-electron chi connectivity index (χ3n) is 4.83. The fraction of sp³-hybridized carbons (Fsp3) is 0.421. The minimum atomic E-state index is -0.710. The number of nitrogen functional groups attached to an aromatic ring is 1. The first-order valence-corrected chi connectivity index (χ1v) is 9.19. The van der Waals surface area contributed by atoms with Crippen molar-refractivity contribution in [3.05, 3.63) is 56.7 Å². The van der Waals surface area contributed by atoms with E-state index in [2.05, 4.69) is 22.0 Å². The molecule has 0 bridgehead atoms. The number of para-hydroxylation sites is 1. The maximum Gasteiger partial charge on any atom is 0.329 e. The van der Waals surface area contributed by atoms with Crippen LogP contribution >= 0.6 is 0 Å². The summed E-state index contributed by atoms with van der Waals surface area (Å²) in [5.41, 5.74) is 5.73. The Labute approximate surface area is 157 Å². The van der Waals surface area contributed by atoms with Crippen LogP contribution in [0.3, 0.4) is 0 Å². The van der Waals surface area contributed by atoms with Crippen LogP contribution in [0, 0.1) is 0 Å². The van der Waals surface area contributed by atoms with E-state index in [1.807, 2.05) is 30.0 Å². The quantitative estimate of drug-likeness (QED) is 0.718. The van der Waals surface area contributed by atoms with Crippen LogP contribution in [-0.2, 0) is 6.54 Å². The largest absolute Gasteiger partial charge is 0.384 e. The van der Waals surface area contributed by atoms with Crippen molar-refractivity contribution < 1.29 is 4.79 Å². The third kappa shape index (κ3) is 4.11. The second-order valence-corrected chi connectivity index (χ2v) is 6.69. The van der Waals surface area contributed by atoms with Crippen LogP contribution in [-0.4, -0.2) is 53.0 Å². The third-order valence-corrected chi connectivity index (χ3v) is 4.83. The number of hydrogen-bond acceptors (Lipinski definition) is 6. The molecule has 0 radical (unpaired) electrons. The monoisotopic (exact) mass is 371 g/mol. The van der Waals surface area contributed by atoms with Crippen LogP contribution in [0.2, 0.25) is 0 Å². The van der Waals surface area contributed by atoms with Gasteiger partial charge in [-0.05, 0) is 18.6 Å². The summed E-state index contributed by atoms with van der Waals surface area (Å²) in [6, 6.07) is 10.1. The van der Waals surface area contributed by atoms with Gasteiger partial charge in [-0.2, -0.15) is 0 Å². The SMILES string of the molecule is CCCn1c(N)c(C(=O)CN2CCN(c3ccccc3)CC2)c(=O)[nH]c1=O. The van der Waals surface area contributed by atoms with E-state index >= 15 is 0 Å². The van der Waals surface area contributed by atoms with E-state index in [-0.39, 0.29) is 23.7 Å². The number of carbonyl (C=O) groups is 1. The molecule has 2 heterocycles. The highest BCUT2D eigenvalue weighted by molar-refractivity contribution is 6.01. The number of anilines is 2. The van der Waals surface area contributed by atoms with Crippen molar-refractivity contribution in [1.82, 2.24) is 14.5 Å². The van der Waals surface area contributed by atoms with Gasteiger partial charge in [-0.25, -0.2) is 4.79 Å². The van der Waals surface area contributed by atoms with Gasteiger partial charge in [-0.15, -0.1) is 0 Å². The molecule has 1 aromatic carbocycles. The van der Waals surface area contributed by atoms with Crippen molar-refractivity contribution >= 4 is 17.3 Å². The number of piperazine rings is 1. The molecule has 8 heteroatoms. The number of hydrogen-bond donors (Lipinski definition) is 2. The number of benzene rings is 1. The first-order chi connectivity index (χ1) is 13.0. The fourth-order valence-electron chi connectivity index (χ4n) is 3.39. The van der Waals surface area contributed by atoms with Crippen molar-refractivity contribution in [2.45, 2.75) is 19.9 Å². The highest BCUT2D eigenvalue weighted by Crippen LogP contribution is 2.16. The van der Waals surface area contributed by atoms with Crippen LogP contribution in [0.5, 0.6) is 0 Å². The average molecular weight is 371 g/mol. The second kappa shape index (κ2) is 8.22. The van der Waals surface area contributed by atoms with Gasteiger partial charge in [0.05, 0.1) is 6.54 Å². The zero-order chi connectivity index (χ0) is 19.4. The number of nitrogens with one attached hydrogen (secondary N) is 1. The first-order valence-electron chi connectivity index (χ1n) is 9.19. The van der Waals surface area contributed by atoms with Gasteiger partial charge < -0.3 is 10.6 Å². The molecule has 1 fully saturated rings. The van der Waals surface area contributed by atoms with E-state index in [0.717, 1.165) is 18.8 Å². The smallest absolute Gasteiger partial charge is 0.329 e. The molecule has 0 atom stereocenters. The molecule has 27 heavy (non-hydrogen) atoms. The topological polar surface area (TPSA) is 104 Å². The summed E-state index contributed by atoms with van der Waals surface area (Å²) >= 11 is 0. The van der Waals surface area contributed by atoms with E-state index in [1.54, 1.807) is 0 Å². The van der Waals surface area contributed by atoms with Gasteiger partial charge in [0.25, 0.3) is 5.56 Å². The highest BCUT2D eigenvalue weighted by atomic mass is 16.2. The van der Waals surface area contributed by atoms with Gasteiger partial charge in [0.2, 0.25) is 0 Å². The van der Waals surface area contributed by atoms with E-state index in [1.165, 1.54) is 4.57 Å². The molecule has 1 aromatic heterocycles. The Morgan fingerprint density at radius 2 is 1.78 bits per heavy atom. The number of carbonyl (C=O) groups excluding carboxylic acids is 1. The van der Waals surface area contributed by atoms with Crippen LogP contribution in [0.15, 0.2) is 39.9 Å². The predicted molar refractivity (Wildman–Crippen MR) is 105 cm³/mol. The number of aromatic amines is 1. The van der Waals surface area contributed by atoms with E-state index in [4.69, 9.17) is 5.73 Å². The summed E-state index contributed by atoms with van der Waals surface area (Å²) < 4.78 is 1.25. The Morgan fingerprint density at radius 1 is 1.11 bits per heavy atom. The van der Waals surface area contributed by atoms with Crippen molar-refractivity contribution in [3.8, 4) is 0 Å². The maximum atomic E-state index is 12.7. The molecule has 3 N–H and O–H groups in total. The Balaban J connectivity index is 1.69. The molecule has 144 valence electrons. The second-order valence-electron chi connectivity index (χ2n) is 6.69. The molecule has 0 aliphatic carbocycles. The lowest BCUT2D eigenvalue weighted by atomic mass is 10.1. The maximum absolute atomic E-state index is 12.7. The average Bonchev–Trinajstić information content (AvgIpc) is 2.66. The summed E-state index contributed by atoms with van der Waals surface area (Å²) in [7, 11) is 0. The van der Waals surface area contributed by atoms with Crippen LogP contribution in [0.25, 0.3) is 0 Å². The number of rotatable bonds is 6. The molecule has 1 saturated heterocycles. The minimum absolute atomic E-state index is 0.0430. The number of Topliss-reactive ketones (excluding diaryl/α,β-unsaturated/α-hetero) is 1. The van der Waals surface area contributed by atoms with Gasteiger partial charge in [-0.3, -0.25) is 24.0 Å². The predicted octanol–water partition coefficient (Wildman–Crippen LogP) is 0.534. The van der Waals surface area contributed by atoms with Crippen LogP contribution in [0.1, 0.15) is 23.7 Å².